The fourth-order valence-corrected chi connectivity index (χ4v) is 1.34. The summed E-state index contributed by atoms with van der Waals surface area (Å²) in [6.45, 7) is 3.90. The van der Waals surface area contributed by atoms with E-state index in [1.54, 1.807) is 6.07 Å². The molecule has 0 aliphatic heterocycles. The lowest BCUT2D eigenvalue weighted by atomic mass is 10.2. The summed E-state index contributed by atoms with van der Waals surface area (Å²) in [6.07, 6.45) is 0.103. The van der Waals surface area contributed by atoms with E-state index < -0.39 is 5.76 Å². The molecule has 0 aliphatic rings. The first-order valence-electron chi connectivity index (χ1n) is 4.98. The van der Waals surface area contributed by atoms with E-state index in [4.69, 9.17) is 4.74 Å². The van der Waals surface area contributed by atoms with Crippen molar-refractivity contribution in [3.8, 4) is 17.1 Å². The molecule has 0 aliphatic carbocycles. The Morgan fingerprint density at radius 3 is 2.88 bits per heavy atom. The zero-order valence-electron chi connectivity index (χ0n) is 9.06. The molecule has 0 fully saturated rings. The number of rotatable bonds is 3. The molecule has 1 aromatic heterocycles. The minimum atomic E-state index is -0.565. The second kappa shape index (κ2) is 4.22. The van der Waals surface area contributed by atoms with Crippen LogP contribution in [0.25, 0.3) is 11.4 Å². The summed E-state index contributed by atoms with van der Waals surface area (Å²) in [5, 5.41) is 3.61. The second-order valence-electron chi connectivity index (χ2n) is 3.64. The highest BCUT2D eigenvalue weighted by Gasteiger charge is 2.05. The van der Waals surface area contributed by atoms with Gasteiger partial charge in [-0.25, -0.2) is 4.79 Å². The van der Waals surface area contributed by atoms with Crippen LogP contribution in [0.5, 0.6) is 5.75 Å². The van der Waals surface area contributed by atoms with Crippen molar-refractivity contribution in [2.45, 2.75) is 20.0 Å². The van der Waals surface area contributed by atoms with E-state index in [0.717, 1.165) is 11.3 Å². The maximum atomic E-state index is 10.8. The van der Waals surface area contributed by atoms with Gasteiger partial charge in [0, 0.05) is 5.56 Å². The third-order valence-electron chi connectivity index (χ3n) is 1.92. The average Bonchev–Trinajstić information content (AvgIpc) is 2.64. The van der Waals surface area contributed by atoms with Gasteiger partial charge in [0.05, 0.1) is 6.10 Å². The summed E-state index contributed by atoms with van der Waals surface area (Å²) in [7, 11) is 0. The van der Waals surface area contributed by atoms with Gasteiger partial charge in [-0.05, 0) is 26.0 Å². The van der Waals surface area contributed by atoms with Crippen LogP contribution in [0.3, 0.4) is 0 Å². The predicted molar refractivity (Wildman–Crippen MR) is 58.3 cm³/mol. The molecule has 1 N–H and O–H groups in total. The Bertz CT molecular complexity index is 528. The second-order valence-corrected chi connectivity index (χ2v) is 3.64. The van der Waals surface area contributed by atoms with Gasteiger partial charge in [-0.1, -0.05) is 17.3 Å². The number of H-pyrrole nitrogens is 1. The Labute approximate surface area is 92.0 Å². The van der Waals surface area contributed by atoms with E-state index in [-0.39, 0.29) is 6.10 Å². The SMILES string of the molecule is CC(C)Oc1cccc(-c2noc(=O)[nH]2)c1. The number of nitrogens with one attached hydrogen (secondary N) is 1. The van der Waals surface area contributed by atoms with Crippen molar-refractivity contribution < 1.29 is 9.26 Å². The number of ether oxygens (including phenoxy) is 1. The molecule has 0 unspecified atom stereocenters. The van der Waals surface area contributed by atoms with Crippen LogP contribution in [-0.2, 0) is 0 Å². The zero-order valence-corrected chi connectivity index (χ0v) is 9.06. The van der Waals surface area contributed by atoms with E-state index in [1.807, 2.05) is 32.0 Å². The molecule has 0 atom stereocenters. The third-order valence-corrected chi connectivity index (χ3v) is 1.92. The Kier molecular flexibility index (Phi) is 2.76. The van der Waals surface area contributed by atoms with Gasteiger partial charge in [0.2, 0.25) is 0 Å². The van der Waals surface area contributed by atoms with E-state index >= 15 is 0 Å². The molecule has 84 valence electrons. The molecule has 0 saturated heterocycles. The first-order valence-corrected chi connectivity index (χ1v) is 4.98. The van der Waals surface area contributed by atoms with Gasteiger partial charge < -0.3 is 4.74 Å². The lowest BCUT2D eigenvalue weighted by molar-refractivity contribution is 0.242. The highest BCUT2D eigenvalue weighted by atomic mass is 16.5. The Morgan fingerprint density at radius 2 is 2.25 bits per heavy atom. The van der Waals surface area contributed by atoms with Crippen LogP contribution >= 0.6 is 0 Å². The van der Waals surface area contributed by atoms with Crippen LogP contribution in [0.15, 0.2) is 33.6 Å². The van der Waals surface area contributed by atoms with E-state index in [9.17, 15) is 4.79 Å². The molecule has 0 spiro atoms. The van der Waals surface area contributed by atoms with Crippen LogP contribution < -0.4 is 10.5 Å². The number of hydrogen-bond donors (Lipinski definition) is 1. The van der Waals surface area contributed by atoms with Gasteiger partial charge in [-0.3, -0.25) is 9.51 Å². The summed E-state index contributed by atoms with van der Waals surface area (Å²) in [5.74, 6) is 0.570. The minimum Gasteiger partial charge on any atom is -0.491 e. The molecule has 1 heterocycles. The lowest BCUT2D eigenvalue weighted by Crippen LogP contribution is -2.05. The van der Waals surface area contributed by atoms with Crippen LogP contribution in [0.4, 0.5) is 0 Å². The minimum absolute atomic E-state index is 0.103. The topological polar surface area (TPSA) is 68.1 Å². The van der Waals surface area contributed by atoms with E-state index in [1.165, 1.54) is 0 Å². The van der Waals surface area contributed by atoms with Gasteiger partial charge in [0.15, 0.2) is 5.82 Å². The first kappa shape index (κ1) is 10.5. The summed E-state index contributed by atoms with van der Waals surface area (Å²) in [4.78, 5) is 13.3. The molecule has 2 rings (SSSR count). The number of aromatic amines is 1. The quantitative estimate of drug-likeness (QED) is 0.856. The number of hydrogen-bond acceptors (Lipinski definition) is 4. The Morgan fingerprint density at radius 1 is 1.44 bits per heavy atom. The molecular weight excluding hydrogens is 208 g/mol. The molecule has 1 aromatic carbocycles. The first-order chi connectivity index (χ1) is 7.65. The van der Waals surface area contributed by atoms with Crippen LogP contribution in [0.1, 0.15) is 13.8 Å². The lowest BCUT2D eigenvalue weighted by Gasteiger charge is -2.09. The highest BCUT2D eigenvalue weighted by Crippen LogP contribution is 2.20. The van der Waals surface area contributed by atoms with Crippen molar-refractivity contribution in [1.29, 1.82) is 0 Å². The molecule has 5 heteroatoms. The molecule has 0 saturated carbocycles. The van der Waals surface area contributed by atoms with Crippen molar-refractivity contribution in [3.63, 3.8) is 0 Å². The van der Waals surface area contributed by atoms with Crippen molar-refractivity contribution in [2.75, 3.05) is 0 Å². The smallest absolute Gasteiger partial charge is 0.439 e. The van der Waals surface area contributed by atoms with Gasteiger partial charge in [0.1, 0.15) is 5.75 Å². The largest absolute Gasteiger partial charge is 0.491 e. The Balaban J connectivity index is 2.32. The van der Waals surface area contributed by atoms with Crippen molar-refractivity contribution in [1.82, 2.24) is 10.1 Å². The molecular formula is C11H12N2O3. The summed E-state index contributed by atoms with van der Waals surface area (Å²) < 4.78 is 9.97. The van der Waals surface area contributed by atoms with Crippen LogP contribution in [0.2, 0.25) is 0 Å². The number of benzene rings is 1. The molecule has 16 heavy (non-hydrogen) atoms. The maximum Gasteiger partial charge on any atom is 0.439 e. The van der Waals surface area contributed by atoms with Crippen molar-refractivity contribution in [3.05, 3.63) is 34.8 Å². The predicted octanol–water partition coefficient (Wildman–Crippen LogP) is 1.82. The zero-order chi connectivity index (χ0) is 11.5. The van der Waals surface area contributed by atoms with Crippen LogP contribution in [-0.4, -0.2) is 16.2 Å². The average molecular weight is 220 g/mol. The number of nitrogens with zero attached hydrogens (tertiary/aromatic N) is 1. The monoisotopic (exact) mass is 220 g/mol. The summed E-state index contributed by atoms with van der Waals surface area (Å²) >= 11 is 0. The van der Waals surface area contributed by atoms with Crippen LogP contribution in [0, 0.1) is 0 Å². The fraction of sp³-hybridized carbons (Fsp3) is 0.273. The normalized spacial score (nSPS) is 10.7. The molecule has 0 amide bonds. The van der Waals surface area contributed by atoms with E-state index in [0.29, 0.717) is 5.82 Å². The standard InChI is InChI=1S/C11H12N2O3/c1-7(2)15-9-5-3-4-8(6-9)10-12-11(14)16-13-10/h3-7H,1-2H3,(H,12,13,14). The molecule has 0 bridgehead atoms. The molecule has 2 aromatic rings. The maximum absolute atomic E-state index is 10.8. The highest BCUT2D eigenvalue weighted by molar-refractivity contribution is 5.56. The van der Waals surface area contributed by atoms with E-state index in [2.05, 4.69) is 14.7 Å². The molecule has 0 radical (unpaired) electrons. The van der Waals surface area contributed by atoms with Crippen molar-refractivity contribution in [2.24, 2.45) is 0 Å². The van der Waals surface area contributed by atoms with Gasteiger partial charge in [-0.15, -0.1) is 0 Å². The summed E-state index contributed by atoms with van der Waals surface area (Å²) in [6, 6.07) is 7.30. The van der Waals surface area contributed by atoms with Gasteiger partial charge in [0.25, 0.3) is 0 Å². The Hall–Kier alpha value is -2.04. The third kappa shape index (κ3) is 2.31. The van der Waals surface area contributed by atoms with Gasteiger partial charge in [-0.2, -0.15) is 0 Å². The number of aromatic nitrogens is 2. The van der Waals surface area contributed by atoms with Crippen molar-refractivity contribution >= 4 is 0 Å². The molecule has 5 nitrogen and oxygen atoms in total. The fourth-order valence-electron chi connectivity index (χ4n) is 1.34. The van der Waals surface area contributed by atoms with Gasteiger partial charge >= 0.3 is 5.76 Å². The summed E-state index contributed by atoms with van der Waals surface area (Å²) in [5.41, 5.74) is 0.754.